The molecule has 13 heteroatoms. The van der Waals surface area contributed by atoms with Gasteiger partial charge in [-0.05, 0) is 79.9 Å². The normalized spacial score (nSPS) is 12.8. The smallest absolute Gasteiger partial charge is 0.416 e. The first-order valence-corrected chi connectivity index (χ1v) is 15.6. The molecule has 4 aromatic rings. The number of carbonyl (C=O) groups is 2. The second-order valence-corrected chi connectivity index (χ2v) is 13.1. The number of hydrogen-bond donors (Lipinski definition) is 2. The van der Waals surface area contributed by atoms with Gasteiger partial charge in [-0.2, -0.15) is 13.2 Å². The number of pyridine rings is 1. The molecule has 2 N–H and O–H groups in total. The summed E-state index contributed by atoms with van der Waals surface area (Å²) in [6, 6.07) is 16.3. The number of ether oxygens (including phenoxy) is 2. The standard InChI is InChI=1S/C32H32F3N3O6S/c1-31(2,3)44-23-12-9-19(10-13-23)15-28(30(40)43-4)37-29(39)27-18-26(38-45(5,41)42)24-17-21(11-14-25(24)36-27)20-7-6-8-22(16-20)32(33,34)35/h6-14,16-18,28H,15H2,1-5H3,(H,36,38)(H,37,39)/t28-/m0/s1. The molecule has 1 amide bonds. The monoisotopic (exact) mass is 643 g/mol. The number of nitrogens with one attached hydrogen (secondary N) is 2. The minimum absolute atomic E-state index is 0.0227. The van der Waals surface area contributed by atoms with E-state index in [4.69, 9.17) is 9.47 Å². The number of alkyl halides is 3. The highest BCUT2D eigenvalue weighted by Crippen LogP contribution is 2.34. The van der Waals surface area contributed by atoms with Gasteiger partial charge in [-0.15, -0.1) is 0 Å². The minimum Gasteiger partial charge on any atom is -0.488 e. The largest absolute Gasteiger partial charge is 0.488 e. The number of halogens is 3. The van der Waals surface area contributed by atoms with Crippen LogP contribution < -0.4 is 14.8 Å². The van der Waals surface area contributed by atoms with Crippen molar-refractivity contribution in [1.29, 1.82) is 0 Å². The highest BCUT2D eigenvalue weighted by atomic mass is 32.2. The fraction of sp³-hybridized carbons (Fsp3) is 0.281. The average molecular weight is 644 g/mol. The number of fused-ring (bicyclic) bond motifs is 1. The van der Waals surface area contributed by atoms with E-state index in [9.17, 15) is 31.2 Å². The summed E-state index contributed by atoms with van der Waals surface area (Å²) in [6.07, 6.45) is -3.55. The third-order valence-corrected chi connectivity index (χ3v) is 7.03. The highest BCUT2D eigenvalue weighted by Gasteiger charge is 2.30. The minimum atomic E-state index is -4.55. The van der Waals surface area contributed by atoms with E-state index in [1.807, 2.05) is 20.8 Å². The first-order chi connectivity index (χ1) is 20.9. The molecule has 0 aliphatic heterocycles. The van der Waals surface area contributed by atoms with Crippen LogP contribution in [0, 0.1) is 0 Å². The van der Waals surface area contributed by atoms with Crippen LogP contribution in [0.1, 0.15) is 42.4 Å². The molecule has 0 aliphatic rings. The quantitative estimate of drug-likeness (QED) is 0.215. The number of carbonyl (C=O) groups excluding carboxylic acids is 2. The van der Waals surface area contributed by atoms with Crippen LogP contribution in [-0.2, 0) is 32.2 Å². The van der Waals surface area contributed by atoms with E-state index in [0.717, 1.165) is 18.4 Å². The molecule has 1 heterocycles. The number of rotatable bonds is 9. The van der Waals surface area contributed by atoms with Crippen molar-refractivity contribution in [2.75, 3.05) is 18.1 Å². The Kier molecular flexibility index (Phi) is 9.43. The predicted molar refractivity (Wildman–Crippen MR) is 164 cm³/mol. The number of esters is 1. The maximum Gasteiger partial charge on any atom is 0.416 e. The maximum atomic E-state index is 13.4. The van der Waals surface area contributed by atoms with Crippen molar-refractivity contribution < 1.29 is 40.7 Å². The maximum absolute atomic E-state index is 13.4. The second-order valence-electron chi connectivity index (χ2n) is 11.4. The van der Waals surface area contributed by atoms with Crippen LogP contribution >= 0.6 is 0 Å². The van der Waals surface area contributed by atoms with E-state index < -0.39 is 45.3 Å². The van der Waals surface area contributed by atoms with Crippen molar-refractivity contribution in [3.05, 3.63) is 89.6 Å². The molecular formula is C32H32F3N3O6S. The fourth-order valence-electron chi connectivity index (χ4n) is 4.53. The van der Waals surface area contributed by atoms with Crippen LogP contribution in [-0.4, -0.2) is 50.3 Å². The Bertz CT molecular complexity index is 1840. The number of amides is 1. The summed E-state index contributed by atoms with van der Waals surface area (Å²) in [6.45, 7) is 5.74. The Morgan fingerprint density at radius 2 is 1.60 bits per heavy atom. The van der Waals surface area contributed by atoms with Crippen LogP contribution in [0.2, 0.25) is 0 Å². The molecule has 0 saturated carbocycles. The van der Waals surface area contributed by atoms with Gasteiger partial charge in [-0.3, -0.25) is 9.52 Å². The van der Waals surface area contributed by atoms with E-state index in [1.54, 1.807) is 24.3 Å². The van der Waals surface area contributed by atoms with Crippen LogP contribution in [0.15, 0.2) is 72.8 Å². The first-order valence-electron chi connectivity index (χ1n) is 13.7. The summed E-state index contributed by atoms with van der Waals surface area (Å²) in [5.74, 6) is -0.856. The second kappa shape index (κ2) is 12.8. The third kappa shape index (κ3) is 8.94. The summed E-state index contributed by atoms with van der Waals surface area (Å²) in [4.78, 5) is 30.3. The van der Waals surface area contributed by atoms with Gasteiger partial charge in [0.15, 0.2) is 0 Å². The zero-order chi connectivity index (χ0) is 33.2. The summed E-state index contributed by atoms with van der Waals surface area (Å²) >= 11 is 0. The van der Waals surface area contributed by atoms with Gasteiger partial charge < -0.3 is 14.8 Å². The number of sulfonamides is 1. The van der Waals surface area contributed by atoms with Crippen LogP contribution in [0.3, 0.4) is 0 Å². The lowest BCUT2D eigenvalue weighted by molar-refractivity contribution is -0.143. The van der Waals surface area contributed by atoms with Gasteiger partial charge >= 0.3 is 12.1 Å². The van der Waals surface area contributed by atoms with Crippen molar-refractivity contribution >= 4 is 38.5 Å². The Labute approximate surface area is 258 Å². The zero-order valence-electron chi connectivity index (χ0n) is 25.2. The molecule has 1 aromatic heterocycles. The molecule has 0 saturated heterocycles. The SMILES string of the molecule is COC(=O)[C@H](Cc1ccc(OC(C)(C)C)cc1)NC(=O)c1cc(NS(C)(=O)=O)c2cc(-c3cccc(C(F)(F)F)c3)ccc2n1. The van der Waals surface area contributed by atoms with Crippen LogP contribution in [0.5, 0.6) is 5.75 Å². The third-order valence-electron chi connectivity index (χ3n) is 6.44. The van der Waals surface area contributed by atoms with E-state index >= 15 is 0 Å². The van der Waals surface area contributed by atoms with Gasteiger partial charge in [0.2, 0.25) is 10.0 Å². The number of methoxy groups -OCH3 is 1. The zero-order valence-corrected chi connectivity index (χ0v) is 26.0. The lowest BCUT2D eigenvalue weighted by atomic mass is 10.00. The van der Waals surface area contributed by atoms with E-state index in [0.29, 0.717) is 16.9 Å². The topological polar surface area (TPSA) is 124 Å². The molecule has 238 valence electrons. The van der Waals surface area contributed by atoms with Gasteiger partial charge in [0.25, 0.3) is 5.91 Å². The Morgan fingerprint density at radius 3 is 2.20 bits per heavy atom. The van der Waals surface area contributed by atoms with Crippen LogP contribution in [0.25, 0.3) is 22.0 Å². The van der Waals surface area contributed by atoms with Crippen molar-refractivity contribution in [3.63, 3.8) is 0 Å². The number of anilines is 1. The van der Waals surface area contributed by atoms with Crippen LogP contribution in [0.4, 0.5) is 18.9 Å². The van der Waals surface area contributed by atoms with Gasteiger partial charge in [0.05, 0.1) is 30.1 Å². The Hall–Kier alpha value is -4.65. The molecule has 0 aliphatic carbocycles. The molecule has 9 nitrogen and oxygen atoms in total. The molecule has 3 aromatic carbocycles. The van der Waals surface area contributed by atoms with Crippen molar-refractivity contribution in [1.82, 2.24) is 10.3 Å². The molecule has 1 atom stereocenters. The van der Waals surface area contributed by atoms with E-state index in [-0.39, 0.29) is 34.3 Å². The number of aromatic nitrogens is 1. The molecule has 0 unspecified atom stereocenters. The number of benzene rings is 3. The van der Waals surface area contributed by atoms with Gasteiger partial charge in [-0.1, -0.05) is 30.3 Å². The van der Waals surface area contributed by atoms with Crippen molar-refractivity contribution in [2.24, 2.45) is 0 Å². The van der Waals surface area contributed by atoms with Gasteiger partial charge in [-0.25, -0.2) is 18.2 Å². The first kappa shape index (κ1) is 33.2. The summed E-state index contributed by atoms with van der Waals surface area (Å²) in [5.41, 5.74) is 0.0460. The summed E-state index contributed by atoms with van der Waals surface area (Å²) in [7, 11) is -2.67. The molecule has 0 fully saturated rings. The summed E-state index contributed by atoms with van der Waals surface area (Å²) < 4.78 is 77.4. The average Bonchev–Trinajstić information content (AvgIpc) is 2.95. The van der Waals surface area contributed by atoms with Crippen molar-refractivity contribution in [2.45, 2.75) is 45.0 Å². The molecule has 4 rings (SSSR count). The Balaban J connectivity index is 1.67. The number of hydrogen-bond acceptors (Lipinski definition) is 7. The number of nitrogens with zero attached hydrogens (tertiary/aromatic N) is 1. The molecule has 0 radical (unpaired) electrons. The molecule has 45 heavy (non-hydrogen) atoms. The molecular weight excluding hydrogens is 611 g/mol. The van der Waals surface area contributed by atoms with Crippen molar-refractivity contribution in [3.8, 4) is 16.9 Å². The van der Waals surface area contributed by atoms with E-state index in [1.165, 1.54) is 43.5 Å². The molecule has 0 spiro atoms. The summed E-state index contributed by atoms with van der Waals surface area (Å²) in [5, 5.41) is 2.85. The van der Waals surface area contributed by atoms with E-state index in [2.05, 4.69) is 15.0 Å². The molecule has 0 bridgehead atoms. The predicted octanol–water partition coefficient (Wildman–Crippen LogP) is 5.98. The lowest BCUT2D eigenvalue weighted by Gasteiger charge is -2.21. The van der Waals surface area contributed by atoms with Gasteiger partial charge in [0, 0.05) is 11.8 Å². The lowest BCUT2D eigenvalue weighted by Crippen LogP contribution is -2.43. The fourth-order valence-corrected chi connectivity index (χ4v) is 5.10. The van der Waals surface area contributed by atoms with Gasteiger partial charge in [0.1, 0.15) is 23.1 Å². The Morgan fingerprint density at radius 1 is 0.933 bits per heavy atom. The highest BCUT2D eigenvalue weighted by molar-refractivity contribution is 7.92.